The van der Waals surface area contributed by atoms with Gasteiger partial charge in [0.05, 0.1) is 24.2 Å². The number of rotatable bonds is 5. The number of nitrogens with one attached hydrogen (secondary N) is 1. The predicted octanol–water partition coefficient (Wildman–Crippen LogP) is 3.49. The van der Waals surface area contributed by atoms with Crippen LogP contribution in [0.4, 0.5) is 5.82 Å². The lowest BCUT2D eigenvalue weighted by atomic mass is 10.1. The summed E-state index contributed by atoms with van der Waals surface area (Å²) in [6.45, 7) is 9.98. The van der Waals surface area contributed by atoms with Crippen molar-refractivity contribution in [3.63, 3.8) is 0 Å². The number of nitrogens with zero attached hydrogens (tertiary/aromatic N) is 4. The summed E-state index contributed by atoms with van der Waals surface area (Å²) in [5.74, 6) is -0.937. The van der Waals surface area contributed by atoms with Crippen molar-refractivity contribution in [1.82, 2.24) is 19.7 Å². The maximum atomic E-state index is 13.2. The lowest BCUT2D eigenvalue weighted by Gasteiger charge is -2.31. The van der Waals surface area contributed by atoms with Gasteiger partial charge in [0.15, 0.2) is 11.6 Å². The maximum absolute atomic E-state index is 13.2. The minimum absolute atomic E-state index is 0.0707. The summed E-state index contributed by atoms with van der Waals surface area (Å²) in [5, 5.41) is 8.19. The monoisotopic (exact) mass is 463 g/mol. The van der Waals surface area contributed by atoms with Crippen molar-refractivity contribution in [2.24, 2.45) is 5.92 Å². The Balaban J connectivity index is 1.72. The fraction of sp³-hybridized carbons (Fsp3) is 0.400. The number of carbonyl (C=O) groups excluding carboxylic acids is 3. The molecule has 2 amide bonds. The Kier molecular flexibility index (Phi) is 6.12. The summed E-state index contributed by atoms with van der Waals surface area (Å²) in [5.41, 5.74) is 1.49. The first-order chi connectivity index (χ1) is 16.1. The molecule has 2 aromatic heterocycles. The number of anilines is 1. The summed E-state index contributed by atoms with van der Waals surface area (Å²) in [4.78, 5) is 44.7. The number of amides is 2. The second kappa shape index (κ2) is 8.89. The number of hydrogen-bond donors (Lipinski definition) is 1. The van der Waals surface area contributed by atoms with Crippen molar-refractivity contribution in [3.8, 4) is 5.82 Å². The number of fused-ring (bicyclic) bond motifs is 1. The van der Waals surface area contributed by atoms with E-state index < -0.39 is 11.9 Å². The van der Waals surface area contributed by atoms with Crippen LogP contribution >= 0.6 is 0 Å². The van der Waals surface area contributed by atoms with E-state index in [4.69, 9.17) is 4.74 Å². The second-order valence-electron chi connectivity index (χ2n) is 9.42. The highest BCUT2D eigenvalue weighted by Gasteiger charge is 2.40. The van der Waals surface area contributed by atoms with Crippen LogP contribution in [-0.4, -0.2) is 56.1 Å². The number of likely N-dealkylation sites (tertiary alicyclic amines) is 1. The molecule has 0 radical (unpaired) electrons. The molecule has 1 aromatic carbocycles. The van der Waals surface area contributed by atoms with Gasteiger partial charge in [-0.05, 0) is 52.3 Å². The number of ether oxygens (including phenoxy) is 1. The topological polar surface area (TPSA) is 106 Å². The van der Waals surface area contributed by atoms with Crippen molar-refractivity contribution in [2.75, 3.05) is 18.5 Å². The van der Waals surface area contributed by atoms with Crippen LogP contribution in [-0.2, 0) is 14.3 Å². The highest BCUT2D eigenvalue weighted by molar-refractivity contribution is 6.02. The Bertz CT molecular complexity index is 1270. The molecule has 1 aliphatic heterocycles. The Labute approximate surface area is 198 Å². The average Bonchev–Trinajstić information content (AvgIpc) is 3.37. The van der Waals surface area contributed by atoms with Crippen LogP contribution in [0.5, 0.6) is 0 Å². The third-order valence-corrected chi connectivity index (χ3v) is 5.94. The van der Waals surface area contributed by atoms with Crippen LogP contribution in [0.25, 0.3) is 16.7 Å². The van der Waals surface area contributed by atoms with Crippen LogP contribution in [0.1, 0.15) is 50.0 Å². The predicted molar refractivity (Wildman–Crippen MR) is 128 cm³/mol. The van der Waals surface area contributed by atoms with Crippen LogP contribution < -0.4 is 5.32 Å². The van der Waals surface area contributed by atoms with Gasteiger partial charge in [0.1, 0.15) is 5.56 Å². The van der Waals surface area contributed by atoms with Gasteiger partial charge in [-0.25, -0.2) is 9.78 Å². The largest absolute Gasteiger partial charge is 0.462 e. The Morgan fingerprint density at radius 1 is 1.24 bits per heavy atom. The zero-order chi connectivity index (χ0) is 24.6. The lowest BCUT2D eigenvalue weighted by Crippen LogP contribution is -2.42. The summed E-state index contributed by atoms with van der Waals surface area (Å²) in [7, 11) is 0. The summed E-state index contributed by atoms with van der Waals surface area (Å²) < 4.78 is 6.60. The number of esters is 1. The van der Waals surface area contributed by atoms with Crippen LogP contribution in [0, 0.1) is 12.8 Å². The molecule has 1 saturated heterocycles. The van der Waals surface area contributed by atoms with Crippen LogP contribution in [0.2, 0.25) is 0 Å². The summed E-state index contributed by atoms with van der Waals surface area (Å²) in [6, 6.07) is 9.56. The third kappa shape index (κ3) is 4.37. The standard InChI is InChI=1S/C25H29N5O4/c1-6-34-24(33)18-13-26-30(20-11-15(2)17-9-7-8-10-19(17)27-20)22(18)28-23(32)16-12-21(31)29(14-16)25(3,4)5/h7-11,13,16H,6,12,14H2,1-5H3,(H,28,32). The average molecular weight is 464 g/mol. The molecule has 1 unspecified atom stereocenters. The Hall–Kier alpha value is -3.75. The Morgan fingerprint density at radius 2 is 1.97 bits per heavy atom. The van der Waals surface area contributed by atoms with E-state index in [1.54, 1.807) is 11.8 Å². The first kappa shape index (κ1) is 23.4. The van der Waals surface area contributed by atoms with Gasteiger partial charge in [-0.3, -0.25) is 9.59 Å². The lowest BCUT2D eigenvalue weighted by molar-refractivity contribution is -0.131. The fourth-order valence-corrected chi connectivity index (χ4v) is 4.19. The van der Waals surface area contributed by atoms with Gasteiger partial charge in [0.25, 0.3) is 0 Å². The van der Waals surface area contributed by atoms with E-state index in [1.807, 2.05) is 58.0 Å². The minimum atomic E-state index is -0.597. The van der Waals surface area contributed by atoms with Gasteiger partial charge in [-0.15, -0.1) is 0 Å². The van der Waals surface area contributed by atoms with E-state index in [2.05, 4.69) is 15.4 Å². The normalized spacial score (nSPS) is 16.2. The molecule has 0 aliphatic carbocycles. The number of aryl methyl sites for hydroxylation is 1. The van der Waals surface area contributed by atoms with Crippen molar-refractivity contribution < 1.29 is 19.1 Å². The van der Waals surface area contributed by atoms with E-state index in [-0.39, 0.29) is 41.8 Å². The SMILES string of the molecule is CCOC(=O)c1cnn(-c2cc(C)c3ccccc3n2)c1NC(=O)C1CC(=O)N(C(C)(C)C)C1. The third-order valence-electron chi connectivity index (χ3n) is 5.94. The molecule has 34 heavy (non-hydrogen) atoms. The zero-order valence-electron chi connectivity index (χ0n) is 20.1. The molecular weight excluding hydrogens is 434 g/mol. The molecule has 3 aromatic rings. The van der Waals surface area contributed by atoms with Crippen molar-refractivity contribution in [2.45, 2.75) is 46.6 Å². The van der Waals surface area contributed by atoms with E-state index >= 15 is 0 Å². The van der Waals surface area contributed by atoms with Gasteiger partial charge in [-0.1, -0.05) is 18.2 Å². The van der Waals surface area contributed by atoms with E-state index in [0.717, 1.165) is 16.5 Å². The number of aromatic nitrogens is 3. The van der Waals surface area contributed by atoms with E-state index in [1.165, 1.54) is 10.9 Å². The molecule has 0 spiro atoms. The molecule has 1 N–H and O–H groups in total. The van der Waals surface area contributed by atoms with Crippen LogP contribution in [0.3, 0.4) is 0 Å². The van der Waals surface area contributed by atoms with Gasteiger partial charge < -0.3 is 15.0 Å². The van der Waals surface area contributed by atoms with Crippen molar-refractivity contribution >= 4 is 34.5 Å². The molecule has 178 valence electrons. The number of benzene rings is 1. The molecule has 1 aliphatic rings. The Morgan fingerprint density at radius 3 is 2.65 bits per heavy atom. The molecule has 0 saturated carbocycles. The fourth-order valence-electron chi connectivity index (χ4n) is 4.19. The van der Waals surface area contributed by atoms with Crippen LogP contribution in [0.15, 0.2) is 36.5 Å². The van der Waals surface area contributed by atoms with Gasteiger partial charge in [-0.2, -0.15) is 9.78 Å². The molecule has 3 heterocycles. The highest BCUT2D eigenvalue weighted by atomic mass is 16.5. The molecule has 0 bridgehead atoms. The van der Waals surface area contributed by atoms with Crippen molar-refractivity contribution in [1.29, 1.82) is 0 Å². The number of hydrogen-bond acceptors (Lipinski definition) is 6. The maximum Gasteiger partial charge on any atom is 0.343 e. The zero-order valence-corrected chi connectivity index (χ0v) is 20.1. The van der Waals surface area contributed by atoms with Gasteiger partial charge >= 0.3 is 5.97 Å². The van der Waals surface area contributed by atoms with Gasteiger partial charge in [0, 0.05) is 23.9 Å². The summed E-state index contributed by atoms with van der Waals surface area (Å²) in [6.07, 6.45) is 1.47. The van der Waals surface area contributed by atoms with Gasteiger partial charge in [0.2, 0.25) is 11.8 Å². The molecular formula is C25H29N5O4. The molecule has 9 nitrogen and oxygen atoms in total. The number of para-hydroxylation sites is 1. The first-order valence-electron chi connectivity index (χ1n) is 11.3. The number of pyridine rings is 1. The quantitative estimate of drug-likeness (QED) is 0.581. The molecule has 4 rings (SSSR count). The number of carbonyl (C=O) groups is 3. The van der Waals surface area contributed by atoms with Crippen molar-refractivity contribution in [3.05, 3.63) is 47.7 Å². The highest BCUT2D eigenvalue weighted by Crippen LogP contribution is 2.29. The van der Waals surface area contributed by atoms with E-state index in [0.29, 0.717) is 12.4 Å². The molecule has 1 atom stereocenters. The second-order valence-corrected chi connectivity index (χ2v) is 9.42. The summed E-state index contributed by atoms with van der Waals surface area (Å²) >= 11 is 0. The first-order valence-corrected chi connectivity index (χ1v) is 11.3. The minimum Gasteiger partial charge on any atom is -0.462 e. The molecule has 9 heteroatoms. The smallest absolute Gasteiger partial charge is 0.343 e. The molecule has 1 fully saturated rings. The van der Waals surface area contributed by atoms with E-state index in [9.17, 15) is 14.4 Å².